The maximum Gasteiger partial charge on any atom is 0.252 e. The summed E-state index contributed by atoms with van der Waals surface area (Å²) in [5, 5.41) is 4.98. The number of benzene rings is 7. The van der Waals surface area contributed by atoms with E-state index in [-0.39, 0.29) is 28.5 Å². The van der Waals surface area contributed by atoms with Gasteiger partial charge < -0.3 is 18.8 Å². The second kappa shape index (κ2) is 13.0. The van der Waals surface area contributed by atoms with Crippen LogP contribution in [0.1, 0.15) is 103 Å². The van der Waals surface area contributed by atoms with E-state index < -0.39 is 0 Å². The predicted octanol–water partition coefficient (Wildman–Crippen LogP) is 15.2. The number of anilines is 5. The molecule has 3 aromatic heterocycles. The number of hydrogen-bond donors (Lipinski definition) is 0. The smallest absolute Gasteiger partial charge is 0.252 e. The minimum Gasteiger partial charge on any atom is -0.454 e. The number of para-hydroxylation sites is 2. The molecule has 10 aromatic rings. The van der Waals surface area contributed by atoms with Gasteiger partial charge >= 0.3 is 0 Å². The highest BCUT2D eigenvalue weighted by Crippen LogP contribution is 2.62. The first-order chi connectivity index (χ1) is 32.1. The number of fused-ring (bicyclic) bond motifs is 15. The number of rotatable bonds is 2. The van der Waals surface area contributed by atoms with Gasteiger partial charge in [0.2, 0.25) is 0 Å². The summed E-state index contributed by atoms with van der Waals surface area (Å²) in [4.78, 5) is 5.37. The van der Waals surface area contributed by atoms with Crippen LogP contribution in [0.25, 0.3) is 58.8 Å². The van der Waals surface area contributed by atoms with Crippen molar-refractivity contribution in [1.29, 1.82) is 0 Å². The number of aryl methyl sites for hydroxylation is 1. The summed E-state index contributed by atoms with van der Waals surface area (Å²) in [6, 6.07) is 49.3. The second-order valence-corrected chi connectivity index (χ2v) is 24.0. The molecular formula is C61H56BN3OS. The summed E-state index contributed by atoms with van der Waals surface area (Å²) in [6.07, 6.45) is 4.83. The standard InChI is InChI=1S/C61H56BN3OS/c1-35-29-49-53-50(30-35)64-54-42(57-55(64)41-18-11-13-22-52(41)67-57)31-37(59(5,6)7)33-45(54)62(53)44-25-24-38(34-48(44)63(49)47-20-16-19-40-39-17-10-12-21-51(39)66-56(40)47)65-46-26-23-36(58(2,3)4)32-43(46)60(8)27-14-15-28-61(60,65)9/h10-13,16-26,29-34H,14-15,27-28H2,1-9H3. The maximum atomic E-state index is 6.99. The van der Waals surface area contributed by atoms with Crippen molar-refractivity contribution in [2.45, 2.75) is 110 Å². The van der Waals surface area contributed by atoms with Crippen molar-refractivity contribution in [1.82, 2.24) is 4.57 Å². The Morgan fingerprint density at radius 2 is 1.34 bits per heavy atom. The van der Waals surface area contributed by atoms with Gasteiger partial charge in [0.05, 0.1) is 27.0 Å². The summed E-state index contributed by atoms with van der Waals surface area (Å²) in [7, 11) is 0. The van der Waals surface area contributed by atoms with Crippen molar-refractivity contribution in [3.05, 3.63) is 150 Å². The van der Waals surface area contributed by atoms with Gasteiger partial charge in [-0.3, -0.25) is 0 Å². The fourth-order valence-electron chi connectivity index (χ4n) is 13.4. The first-order valence-electron chi connectivity index (χ1n) is 24.6. The second-order valence-electron chi connectivity index (χ2n) is 22.9. The normalized spacial score (nSPS) is 19.8. The highest BCUT2D eigenvalue weighted by Gasteiger charge is 2.58. The molecule has 330 valence electrons. The van der Waals surface area contributed by atoms with E-state index in [0.717, 1.165) is 34.0 Å². The van der Waals surface area contributed by atoms with Crippen molar-refractivity contribution in [3.63, 3.8) is 0 Å². The summed E-state index contributed by atoms with van der Waals surface area (Å²) in [5.74, 6) is 0. The molecule has 4 aliphatic rings. The third-order valence-electron chi connectivity index (χ3n) is 17.0. The zero-order valence-corrected chi connectivity index (χ0v) is 41.0. The Hall–Kier alpha value is -6.24. The van der Waals surface area contributed by atoms with Crippen LogP contribution in [-0.2, 0) is 16.2 Å². The van der Waals surface area contributed by atoms with Crippen LogP contribution in [0.3, 0.4) is 0 Å². The molecule has 7 aromatic carbocycles. The highest BCUT2D eigenvalue weighted by atomic mass is 32.1. The van der Waals surface area contributed by atoms with Gasteiger partial charge in [-0.05, 0) is 131 Å². The first kappa shape index (κ1) is 39.9. The molecule has 0 saturated heterocycles. The number of hydrogen-bond acceptors (Lipinski definition) is 4. The average molecular weight is 890 g/mol. The maximum absolute atomic E-state index is 6.99. The molecule has 2 atom stereocenters. The molecule has 4 nitrogen and oxygen atoms in total. The summed E-state index contributed by atoms with van der Waals surface area (Å²) < 4.78 is 12.4. The van der Waals surface area contributed by atoms with E-state index in [1.54, 1.807) is 0 Å². The van der Waals surface area contributed by atoms with E-state index in [1.807, 2.05) is 11.3 Å². The van der Waals surface area contributed by atoms with Gasteiger partial charge in [0.25, 0.3) is 6.71 Å². The lowest BCUT2D eigenvalue weighted by Crippen LogP contribution is -2.60. The molecule has 2 unspecified atom stereocenters. The monoisotopic (exact) mass is 889 g/mol. The Kier molecular flexibility index (Phi) is 7.77. The van der Waals surface area contributed by atoms with Gasteiger partial charge in [0, 0.05) is 60.1 Å². The molecule has 0 N–H and O–H groups in total. The number of aromatic nitrogens is 1. The molecule has 0 bridgehead atoms. The summed E-state index contributed by atoms with van der Waals surface area (Å²) in [6.45, 7) is 21.6. The van der Waals surface area contributed by atoms with Gasteiger partial charge in [0.15, 0.2) is 5.58 Å². The quantitative estimate of drug-likeness (QED) is 0.162. The van der Waals surface area contributed by atoms with Crippen molar-refractivity contribution < 1.29 is 4.42 Å². The van der Waals surface area contributed by atoms with Crippen molar-refractivity contribution in [3.8, 4) is 5.69 Å². The Balaban J connectivity index is 1.11. The van der Waals surface area contributed by atoms with Gasteiger partial charge in [0.1, 0.15) is 5.58 Å². The van der Waals surface area contributed by atoms with Crippen LogP contribution < -0.4 is 26.2 Å². The fraction of sp³-hybridized carbons (Fsp3) is 0.279. The minimum atomic E-state index is -0.0916. The number of nitrogens with zero attached hydrogens (tertiary/aromatic N) is 3. The summed E-state index contributed by atoms with van der Waals surface area (Å²) >= 11 is 1.95. The lowest BCUT2D eigenvalue weighted by molar-refractivity contribution is 0.195. The zero-order chi connectivity index (χ0) is 45.7. The minimum absolute atomic E-state index is 0.0146. The van der Waals surface area contributed by atoms with E-state index in [4.69, 9.17) is 4.42 Å². The number of furan rings is 1. The third-order valence-corrected chi connectivity index (χ3v) is 18.2. The molecule has 1 fully saturated rings. The number of thiophene rings is 1. The van der Waals surface area contributed by atoms with Crippen LogP contribution in [0.2, 0.25) is 0 Å². The Labute approximate surface area is 397 Å². The van der Waals surface area contributed by atoms with E-state index in [2.05, 4.69) is 204 Å². The Morgan fingerprint density at radius 3 is 2.16 bits per heavy atom. The molecule has 3 aliphatic heterocycles. The molecule has 0 amide bonds. The van der Waals surface area contributed by atoms with Gasteiger partial charge in [-0.25, -0.2) is 0 Å². The van der Waals surface area contributed by atoms with E-state index in [0.29, 0.717) is 0 Å². The molecule has 6 heterocycles. The lowest BCUT2D eigenvalue weighted by Gasteiger charge is -2.50. The molecule has 14 rings (SSSR count). The van der Waals surface area contributed by atoms with Crippen LogP contribution >= 0.6 is 11.3 Å². The first-order valence-corrected chi connectivity index (χ1v) is 25.4. The van der Waals surface area contributed by atoms with E-state index >= 15 is 0 Å². The average Bonchev–Trinajstić information content (AvgIpc) is 4.02. The van der Waals surface area contributed by atoms with Crippen molar-refractivity contribution >= 4 is 116 Å². The molecule has 6 heteroatoms. The lowest BCUT2D eigenvalue weighted by atomic mass is 9.33. The van der Waals surface area contributed by atoms with Crippen LogP contribution in [-0.4, -0.2) is 16.8 Å². The third kappa shape index (κ3) is 5.10. The van der Waals surface area contributed by atoms with Crippen LogP contribution in [0, 0.1) is 6.92 Å². The molecule has 1 aliphatic carbocycles. The highest BCUT2D eigenvalue weighted by molar-refractivity contribution is 7.26. The van der Waals surface area contributed by atoms with Crippen LogP contribution in [0.5, 0.6) is 0 Å². The van der Waals surface area contributed by atoms with Crippen LogP contribution in [0.15, 0.2) is 132 Å². The molecular weight excluding hydrogens is 834 g/mol. The van der Waals surface area contributed by atoms with E-state index in [9.17, 15) is 0 Å². The topological polar surface area (TPSA) is 24.6 Å². The van der Waals surface area contributed by atoms with Crippen LogP contribution in [0.4, 0.5) is 28.4 Å². The Bertz CT molecular complexity index is 3820. The van der Waals surface area contributed by atoms with Gasteiger partial charge in [-0.2, -0.15) is 0 Å². The van der Waals surface area contributed by atoms with E-state index in [1.165, 1.54) is 118 Å². The SMILES string of the molecule is Cc1cc2c3c(c1)-n1c4c(cc(C(C)(C)C)cc4c4sc5ccccc5c41)B3c1ccc(N3c4ccc(C(C)(C)C)cc4C4(C)CCCCC34C)cc1N2c1cccc2c1oc1ccccc12. The Morgan fingerprint density at radius 1 is 0.597 bits per heavy atom. The molecule has 67 heavy (non-hydrogen) atoms. The largest absolute Gasteiger partial charge is 0.454 e. The van der Waals surface area contributed by atoms with Crippen molar-refractivity contribution in [2.24, 2.45) is 0 Å². The predicted molar refractivity (Wildman–Crippen MR) is 288 cm³/mol. The van der Waals surface area contributed by atoms with Gasteiger partial charge in [-0.1, -0.05) is 134 Å². The summed E-state index contributed by atoms with van der Waals surface area (Å²) in [5.41, 5.74) is 21.5. The van der Waals surface area contributed by atoms with Crippen molar-refractivity contribution in [2.75, 3.05) is 9.80 Å². The zero-order valence-electron chi connectivity index (χ0n) is 40.2. The molecule has 1 saturated carbocycles. The molecule has 0 radical (unpaired) electrons. The fourth-order valence-corrected chi connectivity index (χ4v) is 14.6. The molecule has 0 spiro atoms. The van der Waals surface area contributed by atoms with Gasteiger partial charge in [-0.15, -0.1) is 11.3 Å².